The molecule has 0 spiro atoms. The molecule has 4 aromatic rings. The normalized spacial score (nSPS) is 11.9. The second kappa shape index (κ2) is 14.5. The number of anilines is 1. The Balaban J connectivity index is 1.81. The molecule has 0 aromatic heterocycles. The van der Waals surface area contributed by atoms with Crippen molar-refractivity contribution in [1.82, 2.24) is 10.2 Å². The van der Waals surface area contributed by atoms with Crippen molar-refractivity contribution in [3.8, 4) is 0 Å². The number of nitrogens with zero attached hydrogens (tertiary/aromatic N) is 2. The van der Waals surface area contributed by atoms with Crippen LogP contribution in [0.4, 0.5) is 5.69 Å². The molecule has 43 heavy (non-hydrogen) atoms. The lowest BCUT2D eigenvalue weighted by atomic mass is 10.0. The van der Waals surface area contributed by atoms with Crippen LogP contribution in [-0.4, -0.2) is 44.8 Å². The fourth-order valence-corrected chi connectivity index (χ4v) is 6.86. The molecular formula is C34H36BrN3O4S. The minimum absolute atomic E-state index is 0.0856. The highest BCUT2D eigenvalue weighted by molar-refractivity contribution is 9.10. The maximum atomic E-state index is 14.4. The molecule has 4 rings (SSSR count). The average molecular weight is 663 g/mol. The van der Waals surface area contributed by atoms with Crippen molar-refractivity contribution in [1.29, 1.82) is 0 Å². The maximum absolute atomic E-state index is 14.4. The average Bonchev–Trinajstić information content (AvgIpc) is 3.01. The molecule has 224 valence electrons. The highest BCUT2D eigenvalue weighted by atomic mass is 79.9. The third kappa shape index (κ3) is 7.91. The van der Waals surface area contributed by atoms with Crippen molar-refractivity contribution in [3.63, 3.8) is 0 Å². The number of nitrogens with one attached hydrogen (secondary N) is 1. The van der Waals surface area contributed by atoms with Crippen LogP contribution in [0.2, 0.25) is 0 Å². The number of benzene rings is 4. The van der Waals surface area contributed by atoms with E-state index in [2.05, 4.69) is 21.2 Å². The molecule has 1 atom stereocenters. The number of likely N-dealkylation sites (N-methyl/N-ethyl adjacent to an activating group) is 1. The van der Waals surface area contributed by atoms with Crippen LogP contribution >= 0.6 is 15.9 Å². The molecule has 0 saturated heterocycles. The van der Waals surface area contributed by atoms with Gasteiger partial charge < -0.3 is 10.2 Å². The number of amides is 2. The third-order valence-electron chi connectivity index (χ3n) is 7.29. The molecule has 1 N–H and O–H groups in total. The molecule has 0 aliphatic rings. The molecule has 0 heterocycles. The van der Waals surface area contributed by atoms with Crippen LogP contribution in [0.5, 0.6) is 0 Å². The van der Waals surface area contributed by atoms with Crippen molar-refractivity contribution in [2.75, 3.05) is 17.9 Å². The fraction of sp³-hybridized carbons (Fsp3) is 0.235. The summed E-state index contributed by atoms with van der Waals surface area (Å²) < 4.78 is 30.4. The van der Waals surface area contributed by atoms with Gasteiger partial charge in [-0.05, 0) is 60.4 Å². The smallest absolute Gasteiger partial charge is 0.264 e. The number of hydrogen-bond acceptors (Lipinski definition) is 4. The summed E-state index contributed by atoms with van der Waals surface area (Å²) in [5.41, 5.74) is 3.82. The maximum Gasteiger partial charge on any atom is 0.264 e. The number of carbonyl (C=O) groups is 2. The van der Waals surface area contributed by atoms with Crippen molar-refractivity contribution < 1.29 is 18.0 Å². The summed E-state index contributed by atoms with van der Waals surface area (Å²) in [4.78, 5) is 29.4. The highest BCUT2D eigenvalue weighted by Gasteiger charge is 2.34. The molecule has 7 nitrogen and oxygen atoms in total. The Morgan fingerprint density at radius 1 is 0.860 bits per heavy atom. The van der Waals surface area contributed by atoms with Crippen LogP contribution in [0.15, 0.2) is 112 Å². The van der Waals surface area contributed by atoms with E-state index in [1.54, 1.807) is 36.4 Å². The Labute approximate surface area is 262 Å². The van der Waals surface area contributed by atoms with Gasteiger partial charge in [-0.1, -0.05) is 101 Å². The van der Waals surface area contributed by atoms with E-state index in [1.807, 2.05) is 80.6 Å². The molecule has 0 unspecified atom stereocenters. The molecule has 0 aliphatic carbocycles. The number of para-hydroxylation sites is 1. The minimum atomic E-state index is -4.14. The summed E-state index contributed by atoms with van der Waals surface area (Å²) in [5.74, 6) is -0.833. The summed E-state index contributed by atoms with van der Waals surface area (Å²) in [7, 11) is -2.61. The van der Waals surface area contributed by atoms with E-state index in [-0.39, 0.29) is 23.8 Å². The van der Waals surface area contributed by atoms with Gasteiger partial charge in [-0.3, -0.25) is 13.9 Å². The minimum Gasteiger partial charge on any atom is -0.357 e. The van der Waals surface area contributed by atoms with E-state index in [1.165, 1.54) is 16.3 Å². The Bertz CT molecular complexity index is 1660. The Kier molecular flexibility index (Phi) is 10.8. The molecule has 0 bridgehead atoms. The number of halogens is 1. The molecule has 0 radical (unpaired) electrons. The monoisotopic (exact) mass is 661 g/mol. The number of hydrogen-bond donors (Lipinski definition) is 1. The summed E-state index contributed by atoms with van der Waals surface area (Å²) in [6.45, 7) is 3.45. The zero-order chi connectivity index (χ0) is 31.0. The number of sulfonamides is 1. The van der Waals surface area contributed by atoms with E-state index in [9.17, 15) is 18.0 Å². The fourth-order valence-electron chi connectivity index (χ4n) is 4.96. The second-order valence-corrected chi connectivity index (χ2v) is 13.1. The van der Waals surface area contributed by atoms with Crippen LogP contribution in [-0.2, 0) is 39.0 Å². The number of aryl methyl sites for hydroxylation is 2. The topological polar surface area (TPSA) is 86.8 Å². The van der Waals surface area contributed by atoms with Crippen LogP contribution in [0.3, 0.4) is 0 Å². The van der Waals surface area contributed by atoms with E-state index in [0.29, 0.717) is 12.1 Å². The number of rotatable bonds is 12. The number of carbonyl (C=O) groups excluding carboxylic acids is 2. The first-order valence-corrected chi connectivity index (χ1v) is 16.3. The lowest BCUT2D eigenvalue weighted by molar-refractivity contribution is -0.139. The van der Waals surface area contributed by atoms with Crippen molar-refractivity contribution in [2.24, 2.45) is 0 Å². The van der Waals surface area contributed by atoms with Gasteiger partial charge >= 0.3 is 0 Å². The van der Waals surface area contributed by atoms with Gasteiger partial charge in [0, 0.05) is 24.5 Å². The van der Waals surface area contributed by atoms with E-state index in [0.717, 1.165) is 26.7 Å². The van der Waals surface area contributed by atoms with Gasteiger partial charge in [0.05, 0.1) is 10.6 Å². The third-order valence-corrected chi connectivity index (χ3v) is 9.56. The summed E-state index contributed by atoms with van der Waals surface area (Å²) in [5, 5.41) is 2.71. The predicted octanol–water partition coefficient (Wildman–Crippen LogP) is 5.90. The molecule has 4 aromatic carbocycles. The molecule has 0 saturated carbocycles. The van der Waals surface area contributed by atoms with Gasteiger partial charge in [0.1, 0.15) is 12.6 Å². The van der Waals surface area contributed by atoms with Gasteiger partial charge in [-0.15, -0.1) is 0 Å². The molecule has 0 aliphatic heterocycles. The van der Waals surface area contributed by atoms with Crippen LogP contribution in [0.1, 0.15) is 29.2 Å². The first kappa shape index (κ1) is 32.0. The van der Waals surface area contributed by atoms with E-state index in [4.69, 9.17) is 0 Å². The SMILES string of the molecule is CCc1ccccc1N(CC(=O)N(Cc1cccc(Br)c1)[C@H](Cc1ccccc1)C(=O)NC)S(=O)(=O)c1ccc(C)cc1. The quantitative estimate of drug-likeness (QED) is 0.205. The van der Waals surface area contributed by atoms with E-state index < -0.39 is 28.5 Å². The Morgan fingerprint density at radius 3 is 2.16 bits per heavy atom. The zero-order valence-electron chi connectivity index (χ0n) is 24.5. The largest absolute Gasteiger partial charge is 0.357 e. The first-order valence-electron chi connectivity index (χ1n) is 14.1. The summed E-state index contributed by atoms with van der Waals surface area (Å²) >= 11 is 3.50. The van der Waals surface area contributed by atoms with Crippen molar-refractivity contribution in [3.05, 3.63) is 130 Å². The van der Waals surface area contributed by atoms with Crippen molar-refractivity contribution >= 4 is 43.5 Å². The van der Waals surface area contributed by atoms with Crippen molar-refractivity contribution in [2.45, 2.75) is 44.2 Å². The van der Waals surface area contributed by atoms with Gasteiger partial charge in [0.2, 0.25) is 11.8 Å². The van der Waals surface area contributed by atoms with Crippen LogP contribution in [0, 0.1) is 6.92 Å². The van der Waals surface area contributed by atoms with Gasteiger partial charge in [-0.2, -0.15) is 0 Å². The summed E-state index contributed by atoms with van der Waals surface area (Å²) in [6.07, 6.45) is 0.831. The molecule has 0 fully saturated rings. The molecule has 2 amide bonds. The molecule has 9 heteroatoms. The standard InChI is InChI=1S/C34H36BrN3O4S/c1-4-28-14-8-9-16-31(28)38(43(41,42)30-19-17-25(2)18-20-30)24-33(39)37(23-27-13-10-15-29(35)21-27)32(34(40)36-3)22-26-11-6-5-7-12-26/h5-21,32H,4,22-24H2,1-3H3,(H,36,40)/t32-/m1/s1. The van der Waals surface area contributed by atoms with E-state index >= 15 is 0 Å². The van der Waals surface area contributed by atoms with Gasteiger partial charge in [-0.25, -0.2) is 8.42 Å². The Hall–Kier alpha value is -3.95. The summed E-state index contributed by atoms with van der Waals surface area (Å²) in [6, 6.07) is 29.9. The van der Waals surface area contributed by atoms with Gasteiger partial charge in [0.15, 0.2) is 0 Å². The predicted molar refractivity (Wildman–Crippen MR) is 174 cm³/mol. The Morgan fingerprint density at radius 2 is 1.51 bits per heavy atom. The first-order chi connectivity index (χ1) is 20.6. The van der Waals surface area contributed by atoms with Crippen LogP contribution < -0.4 is 9.62 Å². The lowest BCUT2D eigenvalue weighted by Crippen LogP contribution is -2.53. The zero-order valence-corrected chi connectivity index (χ0v) is 26.9. The highest BCUT2D eigenvalue weighted by Crippen LogP contribution is 2.29. The molecular weight excluding hydrogens is 626 g/mol. The van der Waals surface area contributed by atoms with Crippen LogP contribution in [0.25, 0.3) is 0 Å². The lowest BCUT2D eigenvalue weighted by Gasteiger charge is -2.34. The second-order valence-electron chi connectivity index (χ2n) is 10.3. The van der Waals surface area contributed by atoms with Gasteiger partial charge in [0.25, 0.3) is 10.0 Å².